The summed E-state index contributed by atoms with van der Waals surface area (Å²) >= 11 is 3.17. The molecule has 1 aromatic rings. The first-order valence-corrected chi connectivity index (χ1v) is 6.52. The van der Waals surface area contributed by atoms with Crippen LogP contribution >= 0.6 is 15.9 Å². The van der Waals surface area contributed by atoms with Gasteiger partial charge in [-0.25, -0.2) is 4.39 Å². The minimum atomic E-state index is -0.994. The minimum absolute atomic E-state index is 0.116. The first-order valence-electron chi connectivity index (χ1n) is 5.72. The van der Waals surface area contributed by atoms with Crippen molar-refractivity contribution in [3.8, 4) is 0 Å². The van der Waals surface area contributed by atoms with Crippen molar-refractivity contribution in [1.82, 2.24) is 0 Å². The lowest BCUT2D eigenvalue weighted by Gasteiger charge is -2.38. The van der Waals surface area contributed by atoms with Gasteiger partial charge in [-0.1, -0.05) is 31.9 Å². The van der Waals surface area contributed by atoms with E-state index in [-0.39, 0.29) is 11.7 Å². The Kier molecular flexibility index (Phi) is 3.36. The number of hydrogen-bond acceptors (Lipinski definition) is 1. The molecule has 1 aromatic carbocycles. The van der Waals surface area contributed by atoms with Gasteiger partial charge in [-0.2, -0.15) is 0 Å². The SMILES string of the molecule is CC1CCCCC1(O)c1cccc(Br)c1F. The molecule has 2 unspecified atom stereocenters. The Bertz CT molecular complexity index is 394. The highest BCUT2D eigenvalue weighted by Crippen LogP contribution is 2.43. The second-order valence-corrected chi connectivity index (χ2v) is 5.53. The van der Waals surface area contributed by atoms with Gasteiger partial charge < -0.3 is 5.11 Å². The van der Waals surface area contributed by atoms with Gasteiger partial charge in [0.2, 0.25) is 0 Å². The third-order valence-corrected chi connectivity index (χ3v) is 4.29. The van der Waals surface area contributed by atoms with Crippen LogP contribution in [0.25, 0.3) is 0 Å². The van der Waals surface area contributed by atoms with Crippen LogP contribution in [-0.4, -0.2) is 5.11 Å². The zero-order valence-corrected chi connectivity index (χ0v) is 10.9. The summed E-state index contributed by atoms with van der Waals surface area (Å²) in [5.41, 5.74) is -0.555. The van der Waals surface area contributed by atoms with E-state index in [1.807, 2.05) is 6.92 Å². The molecule has 0 saturated heterocycles. The van der Waals surface area contributed by atoms with E-state index in [1.165, 1.54) is 0 Å². The normalized spacial score (nSPS) is 30.4. The predicted octanol–water partition coefficient (Wildman–Crippen LogP) is 3.99. The molecule has 0 aliphatic heterocycles. The van der Waals surface area contributed by atoms with Crippen LogP contribution in [0.5, 0.6) is 0 Å². The van der Waals surface area contributed by atoms with Gasteiger partial charge in [-0.15, -0.1) is 0 Å². The lowest BCUT2D eigenvalue weighted by molar-refractivity contribution is -0.0497. The summed E-state index contributed by atoms with van der Waals surface area (Å²) in [7, 11) is 0. The topological polar surface area (TPSA) is 20.2 Å². The molecule has 1 fully saturated rings. The molecular formula is C13H16BrFO. The maximum absolute atomic E-state index is 14.0. The Morgan fingerprint density at radius 2 is 2.19 bits per heavy atom. The van der Waals surface area contributed by atoms with Gasteiger partial charge in [-0.3, -0.25) is 0 Å². The molecule has 1 saturated carbocycles. The largest absolute Gasteiger partial charge is 0.385 e. The number of benzene rings is 1. The Morgan fingerprint density at radius 1 is 1.44 bits per heavy atom. The molecule has 16 heavy (non-hydrogen) atoms. The molecule has 1 N–H and O–H groups in total. The smallest absolute Gasteiger partial charge is 0.143 e. The van der Waals surface area contributed by atoms with Crippen LogP contribution in [0.2, 0.25) is 0 Å². The monoisotopic (exact) mass is 286 g/mol. The van der Waals surface area contributed by atoms with Crippen LogP contribution in [0, 0.1) is 11.7 Å². The molecule has 2 rings (SSSR count). The molecule has 0 radical (unpaired) electrons. The van der Waals surface area contributed by atoms with E-state index >= 15 is 0 Å². The van der Waals surface area contributed by atoms with Crippen molar-refractivity contribution in [2.75, 3.05) is 0 Å². The highest BCUT2D eigenvalue weighted by atomic mass is 79.9. The van der Waals surface area contributed by atoms with E-state index in [0.717, 1.165) is 19.3 Å². The molecule has 2 atom stereocenters. The molecule has 1 nitrogen and oxygen atoms in total. The number of halogens is 2. The molecule has 1 aliphatic carbocycles. The molecule has 0 bridgehead atoms. The first-order chi connectivity index (χ1) is 7.55. The zero-order chi connectivity index (χ0) is 11.8. The lowest BCUT2D eigenvalue weighted by Crippen LogP contribution is -2.37. The molecule has 0 heterocycles. The van der Waals surface area contributed by atoms with Crippen molar-refractivity contribution in [3.05, 3.63) is 34.1 Å². The second kappa shape index (κ2) is 4.46. The Balaban J connectivity index is 2.45. The van der Waals surface area contributed by atoms with Crippen LogP contribution in [0.3, 0.4) is 0 Å². The predicted molar refractivity (Wildman–Crippen MR) is 65.6 cm³/mol. The summed E-state index contributed by atoms with van der Waals surface area (Å²) in [6.45, 7) is 2.00. The van der Waals surface area contributed by atoms with Gasteiger partial charge in [-0.05, 0) is 40.8 Å². The van der Waals surface area contributed by atoms with Gasteiger partial charge >= 0.3 is 0 Å². The second-order valence-electron chi connectivity index (χ2n) is 4.67. The number of rotatable bonds is 1. The zero-order valence-electron chi connectivity index (χ0n) is 9.34. The Morgan fingerprint density at radius 3 is 2.88 bits per heavy atom. The molecule has 1 aliphatic rings. The molecule has 3 heteroatoms. The van der Waals surface area contributed by atoms with E-state index in [1.54, 1.807) is 18.2 Å². The van der Waals surface area contributed by atoms with Gasteiger partial charge in [0.15, 0.2) is 0 Å². The van der Waals surface area contributed by atoms with Crippen molar-refractivity contribution in [3.63, 3.8) is 0 Å². The third kappa shape index (κ3) is 1.91. The summed E-state index contributed by atoms with van der Waals surface area (Å²) in [6.07, 6.45) is 3.70. The molecule has 88 valence electrons. The summed E-state index contributed by atoms with van der Waals surface area (Å²) in [6, 6.07) is 5.14. The number of aliphatic hydroxyl groups is 1. The maximum atomic E-state index is 14.0. The fourth-order valence-electron chi connectivity index (χ4n) is 2.57. The first kappa shape index (κ1) is 12.1. The lowest BCUT2D eigenvalue weighted by atomic mass is 9.72. The third-order valence-electron chi connectivity index (χ3n) is 3.68. The van der Waals surface area contributed by atoms with Crippen LogP contribution in [0.15, 0.2) is 22.7 Å². The highest BCUT2D eigenvalue weighted by molar-refractivity contribution is 9.10. The van der Waals surface area contributed by atoms with Crippen LogP contribution in [0.4, 0.5) is 4.39 Å². The molecule has 0 aromatic heterocycles. The summed E-state index contributed by atoms with van der Waals surface area (Å²) in [5, 5.41) is 10.7. The van der Waals surface area contributed by atoms with Crippen molar-refractivity contribution in [1.29, 1.82) is 0 Å². The average molecular weight is 287 g/mol. The summed E-state index contributed by atoms with van der Waals surface area (Å²) in [4.78, 5) is 0. The summed E-state index contributed by atoms with van der Waals surface area (Å²) < 4.78 is 14.4. The van der Waals surface area contributed by atoms with E-state index < -0.39 is 5.60 Å². The Labute approximate surface area is 104 Å². The fourth-order valence-corrected chi connectivity index (χ4v) is 2.93. The van der Waals surface area contributed by atoms with Crippen LogP contribution in [0.1, 0.15) is 38.2 Å². The van der Waals surface area contributed by atoms with Crippen molar-refractivity contribution in [2.24, 2.45) is 5.92 Å². The van der Waals surface area contributed by atoms with Crippen LogP contribution < -0.4 is 0 Å². The maximum Gasteiger partial charge on any atom is 0.143 e. The average Bonchev–Trinajstić information content (AvgIpc) is 2.26. The molecule has 0 amide bonds. The molecular weight excluding hydrogens is 271 g/mol. The van der Waals surface area contributed by atoms with Crippen molar-refractivity contribution in [2.45, 2.75) is 38.2 Å². The van der Waals surface area contributed by atoms with Gasteiger partial charge in [0.05, 0.1) is 10.1 Å². The summed E-state index contributed by atoms with van der Waals surface area (Å²) in [5.74, 6) is -0.205. The van der Waals surface area contributed by atoms with E-state index in [2.05, 4.69) is 15.9 Å². The fraction of sp³-hybridized carbons (Fsp3) is 0.538. The molecule has 0 spiro atoms. The van der Waals surface area contributed by atoms with E-state index in [4.69, 9.17) is 0 Å². The standard InChI is InChI=1S/C13H16BrFO/c1-9-5-2-3-8-13(9,16)10-6-4-7-11(14)12(10)15/h4,6-7,9,16H,2-3,5,8H2,1H3. The highest BCUT2D eigenvalue weighted by Gasteiger charge is 2.39. The van der Waals surface area contributed by atoms with Crippen LogP contribution in [-0.2, 0) is 5.60 Å². The number of hydrogen-bond donors (Lipinski definition) is 1. The quantitative estimate of drug-likeness (QED) is 0.828. The minimum Gasteiger partial charge on any atom is -0.385 e. The van der Waals surface area contributed by atoms with E-state index in [9.17, 15) is 9.50 Å². The van der Waals surface area contributed by atoms with Gasteiger partial charge in [0, 0.05) is 5.56 Å². The van der Waals surface area contributed by atoms with Crippen molar-refractivity contribution < 1.29 is 9.50 Å². The van der Waals surface area contributed by atoms with Crippen molar-refractivity contribution >= 4 is 15.9 Å². The van der Waals surface area contributed by atoms with Gasteiger partial charge in [0.25, 0.3) is 0 Å². The van der Waals surface area contributed by atoms with Gasteiger partial charge in [0.1, 0.15) is 5.82 Å². The Hall–Kier alpha value is -0.410. The van der Waals surface area contributed by atoms with E-state index in [0.29, 0.717) is 16.5 Å².